The molecule has 1 saturated carbocycles. The topological polar surface area (TPSA) is 84.7 Å². The van der Waals surface area contributed by atoms with Gasteiger partial charge in [-0.1, -0.05) is 11.3 Å². The smallest absolute Gasteiger partial charge is 0.410 e. The first kappa shape index (κ1) is 17.7. The highest BCUT2D eigenvalue weighted by molar-refractivity contribution is 7.15. The largest absolute Gasteiger partial charge is 0.444 e. The molecule has 0 atom stereocenters. The van der Waals surface area contributed by atoms with Gasteiger partial charge in [-0.2, -0.15) is 0 Å². The minimum Gasteiger partial charge on any atom is -0.444 e. The summed E-state index contributed by atoms with van der Waals surface area (Å²) in [7, 11) is 0. The summed E-state index contributed by atoms with van der Waals surface area (Å²) in [5, 5.41) is 14.0. The second kappa shape index (κ2) is 7.27. The first-order valence-electron chi connectivity index (χ1n) is 7.70. The van der Waals surface area contributed by atoms with E-state index in [-0.39, 0.29) is 22.1 Å². The van der Waals surface area contributed by atoms with E-state index in [1.807, 2.05) is 20.8 Å². The van der Waals surface area contributed by atoms with Crippen LogP contribution in [0.5, 0.6) is 0 Å². The first-order chi connectivity index (χ1) is 10.8. The predicted molar refractivity (Wildman–Crippen MR) is 88.6 cm³/mol. The summed E-state index contributed by atoms with van der Waals surface area (Å²) in [5.41, 5.74) is -0.493. The molecule has 0 unspecified atom stereocenters. The second-order valence-corrected chi connectivity index (χ2v) is 7.73. The van der Waals surface area contributed by atoms with Gasteiger partial charge in [0.05, 0.1) is 4.92 Å². The Bertz CT molecular complexity index is 563. The van der Waals surface area contributed by atoms with Crippen LogP contribution in [-0.2, 0) is 11.3 Å². The number of nitrogens with one attached hydrogen (secondary N) is 1. The van der Waals surface area contributed by atoms with Crippen molar-refractivity contribution in [3.05, 3.63) is 27.1 Å². The molecule has 128 valence electrons. The number of rotatable bonds is 7. The fourth-order valence-electron chi connectivity index (χ4n) is 2.10. The van der Waals surface area contributed by atoms with Gasteiger partial charge >= 0.3 is 11.1 Å². The highest BCUT2D eigenvalue weighted by Gasteiger charge is 2.34. The molecule has 7 nitrogen and oxygen atoms in total. The molecule has 1 amide bonds. The molecular formula is C15H23N3O4S. The number of thiophene rings is 1. The van der Waals surface area contributed by atoms with Crippen molar-refractivity contribution < 1.29 is 14.5 Å². The van der Waals surface area contributed by atoms with Crippen molar-refractivity contribution in [2.75, 3.05) is 13.1 Å². The van der Waals surface area contributed by atoms with Crippen LogP contribution in [0, 0.1) is 10.1 Å². The number of carbonyl (C=O) groups is 1. The lowest BCUT2D eigenvalue weighted by Crippen LogP contribution is -2.41. The summed E-state index contributed by atoms with van der Waals surface area (Å²) in [6, 6.07) is 3.55. The van der Waals surface area contributed by atoms with Gasteiger partial charge in [0, 0.05) is 36.6 Å². The zero-order valence-corrected chi connectivity index (χ0v) is 14.5. The second-order valence-electron chi connectivity index (χ2n) is 6.58. The van der Waals surface area contributed by atoms with E-state index in [0.717, 1.165) is 17.7 Å². The van der Waals surface area contributed by atoms with Crippen molar-refractivity contribution in [2.45, 2.75) is 51.8 Å². The Labute approximate surface area is 139 Å². The molecule has 8 heteroatoms. The highest BCUT2D eigenvalue weighted by atomic mass is 32.1. The Hall–Kier alpha value is -1.67. The lowest BCUT2D eigenvalue weighted by Gasteiger charge is -2.27. The van der Waals surface area contributed by atoms with Gasteiger partial charge in [-0.15, -0.1) is 0 Å². The van der Waals surface area contributed by atoms with Gasteiger partial charge < -0.3 is 15.0 Å². The van der Waals surface area contributed by atoms with Gasteiger partial charge in [-0.25, -0.2) is 4.79 Å². The van der Waals surface area contributed by atoms with Crippen molar-refractivity contribution in [2.24, 2.45) is 0 Å². The summed E-state index contributed by atoms with van der Waals surface area (Å²) in [4.78, 5) is 25.1. The van der Waals surface area contributed by atoms with Crippen molar-refractivity contribution in [3.63, 3.8) is 0 Å². The van der Waals surface area contributed by atoms with Crippen molar-refractivity contribution in [1.29, 1.82) is 0 Å². The average molecular weight is 341 g/mol. The Morgan fingerprint density at radius 1 is 1.48 bits per heavy atom. The molecule has 0 bridgehead atoms. The summed E-state index contributed by atoms with van der Waals surface area (Å²) in [6.07, 6.45) is 1.78. The maximum atomic E-state index is 12.2. The zero-order chi connectivity index (χ0) is 17.0. The predicted octanol–water partition coefficient (Wildman–Crippen LogP) is 3.15. The van der Waals surface area contributed by atoms with Crippen LogP contribution in [0.2, 0.25) is 0 Å². The van der Waals surface area contributed by atoms with Crippen LogP contribution in [0.25, 0.3) is 0 Å². The standard InChI is InChI=1S/C15H23N3O4S/c1-15(2,3)22-14(19)17(11-4-5-11)9-8-16-10-12-6-7-13(23-12)18(20)21/h6-7,11,16H,4-5,8-10H2,1-3H3. The fourth-order valence-corrected chi connectivity index (χ4v) is 2.89. The number of nitro groups is 1. The van der Waals surface area contributed by atoms with Crippen LogP contribution in [0.15, 0.2) is 12.1 Å². The number of nitrogens with zero attached hydrogens (tertiary/aromatic N) is 2. The number of hydrogen-bond acceptors (Lipinski definition) is 6. The third kappa shape index (κ3) is 5.80. The van der Waals surface area contributed by atoms with Gasteiger partial charge in [0.15, 0.2) is 0 Å². The van der Waals surface area contributed by atoms with Crippen molar-refractivity contribution >= 4 is 22.4 Å². The third-order valence-electron chi connectivity index (χ3n) is 3.27. The molecule has 2 rings (SSSR count). The van der Waals surface area contributed by atoms with Gasteiger partial charge in [0.2, 0.25) is 0 Å². The fraction of sp³-hybridized carbons (Fsp3) is 0.667. The molecular weight excluding hydrogens is 318 g/mol. The van der Waals surface area contributed by atoms with Crippen LogP contribution >= 0.6 is 11.3 Å². The molecule has 1 aliphatic carbocycles. The zero-order valence-electron chi connectivity index (χ0n) is 13.7. The van der Waals surface area contributed by atoms with E-state index >= 15 is 0 Å². The minimum atomic E-state index is -0.493. The summed E-state index contributed by atoms with van der Waals surface area (Å²) in [6.45, 7) is 7.34. The Kier molecular flexibility index (Phi) is 5.59. The van der Waals surface area contributed by atoms with Gasteiger partial charge in [-0.3, -0.25) is 10.1 Å². The number of ether oxygens (including phenoxy) is 1. The van der Waals surface area contributed by atoms with Gasteiger partial charge in [0.1, 0.15) is 5.60 Å². The number of hydrogen-bond donors (Lipinski definition) is 1. The van der Waals surface area contributed by atoms with Crippen molar-refractivity contribution in [1.82, 2.24) is 10.2 Å². The van der Waals surface area contributed by atoms with E-state index < -0.39 is 5.60 Å². The molecule has 1 heterocycles. The third-order valence-corrected chi connectivity index (χ3v) is 4.31. The summed E-state index contributed by atoms with van der Waals surface area (Å²) >= 11 is 1.17. The van der Waals surface area contributed by atoms with E-state index in [9.17, 15) is 14.9 Å². The van der Waals surface area contributed by atoms with E-state index in [1.54, 1.807) is 11.0 Å². The number of carbonyl (C=O) groups excluding carboxylic acids is 1. The maximum absolute atomic E-state index is 12.2. The normalized spacial score (nSPS) is 14.6. The SMILES string of the molecule is CC(C)(C)OC(=O)N(CCNCc1ccc([N+](=O)[O-])s1)C1CC1. The van der Waals surface area contributed by atoms with E-state index in [0.29, 0.717) is 19.6 Å². The molecule has 23 heavy (non-hydrogen) atoms. The van der Waals surface area contributed by atoms with E-state index in [2.05, 4.69) is 5.32 Å². The molecule has 1 N–H and O–H groups in total. The quantitative estimate of drug-likeness (QED) is 0.468. The summed E-state index contributed by atoms with van der Waals surface area (Å²) in [5.74, 6) is 0. The number of amides is 1. The molecule has 1 aromatic rings. The van der Waals surface area contributed by atoms with Crippen LogP contribution in [0.1, 0.15) is 38.5 Å². The minimum absolute atomic E-state index is 0.148. The Morgan fingerprint density at radius 2 is 2.17 bits per heavy atom. The molecule has 0 radical (unpaired) electrons. The molecule has 1 fully saturated rings. The Balaban J connectivity index is 1.76. The van der Waals surface area contributed by atoms with E-state index in [1.165, 1.54) is 17.4 Å². The lowest BCUT2D eigenvalue weighted by atomic mass is 10.2. The Morgan fingerprint density at radius 3 is 2.70 bits per heavy atom. The maximum Gasteiger partial charge on any atom is 0.410 e. The van der Waals surface area contributed by atoms with Crippen LogP contribution < -0.4 is 5.32 Å². The molecule has 1 aromatic heterocycles. The van der Waals surface area contributed by atoms with Crippen LogP contribution in [0.3, 0.4) is 0 Å². The summed E-state index contributed by atoms with van der Waals surface area (Å²) < 4.78 is 5.43. The first-order valence-corrected chi connectivity index (χ1v) is 8.51. The van der Waals surface area contributed by atoms with Crippen LogP contribution in [-0.4, -0.2) is 40.6 Å². The molecule has 0 saturated heterocycles. The van der Waals surface area contributed by atoms with E-state index in [4.69, 9.17) is 4.74 Å². The van der Waals surface area contributed by atoms with Gasteiger partial charge in [-0.05, 0) is 39.7 Å². The molecule has 1 aliphatic rings. The van der Waals surface area contributed by atoms with Gasteiger partial charge in [0.25, 0.3) is 0 Å². The lowest BCUT2D eigenvalue weighted by molar-refractivity contribution is -0.380. The average Bonchev–Trinajstić information content (AvgIpc) is 3.13. The van der Waals surface area contributed by atoms with Crippen LogP contribution in [0.4, 0.5) is 9.80 Å². The molecule has 0 spiro atoms. The monoisotopic (exact) mass is 341 g/mol. The highest BCUT2D eigenvalue weighted by Crippen LogP contribution is 2.28. The molecule has 0 aliphatic heterocycles. The van der Waals surface area contributed by atoms with Crippen molar-refractivity contribution in [3.8, 4) is 0 Å². The molecule has 0 aromatic carbocycles.